The van der Waals surface area contributed by atoms with Gasteiger partial charge in [-0.15, -0.1) is 4.98 Å². The van der Waals surface area contributed by atoms with Crippen molar-refractivity contribution >= 4 is 5.95 Å². The maximum atomic E-state index is 5.41. The first-order chi connectivity index (χ1) is 8.30. The van der Waals surface area contributed by atoms with Gasteiger partial charge in [0.15, 0.2) is 0 Å². The topological polar surface area (TPSA) is 95.2 Å². The summed E-state index contributed by atoms with van der Waals surface area (Å²) < 4.78 is 9.89. The molecule has 0 fully saturated rings. The molecule has 0 aromatic carbocycles. The number of ether oxygens (including phenoxy) is 2. The van der Waals surface area contributed by atoms with Crippen molar-refractivity contribution in [3.63, 3.8) is 0 Å². The van der Waals surface area contributed by atoms with Crippen molar-refractivity contribution in [2.75, 3.05) is 32.6 Å². The second-order valence-corrected chi connectivity index (χ2v) is 3.41. The number of hydrogen-bond donors (Lipinski definition) is 2. The monoisotopic (exact) mass is 241 g/mol. The quantitative estimate of drug-likeness (QED) is 0.637. The molecule has 0 aliphatic carbocycles. The van der Waals surface area contributed by atoms with E-state index >= 15 is 0 Å². The summed E-state index contributed by atoms with van der Waals surface area (Å²) in [4.78, 5) is 12.0. The van der Waals surface area contributed by atoms with Crippen molar-refractivity contribution in [1.29, 1.82) is 0 Å². The molecule has 0 aliphatic heterocycles. The Morgan fingerprint density at radius 3 is 2.18 bits per heavy atom. The van der Waals surface area contributed by atoms with Crippen molar-refractivity contribution in [2.45, 2.75) is 19.3 Å². The van der Waals surface area contributed by atoms with E-state index in [2.05, 4.69) is 20.3 Å². The van der Waals surface area contributed by atoms with E-state index in [-0.39, 0.29) is 12.0 Å². The Morgan fingerprint density at radius 1 is 1.00 bits per heavy atom. The van der Waals surface area contributed by atoms with E-state index in [0.29, 0.717) is 5.95 Å². The van der Waals surface area contributed by atoms with Gasteiger partial charge in [0.1, 0.15) is 0 Å². The first kappa shape index (κ1) is 13.4. The Hall–Kier alpha value is -1.63. The molecule has 1 heterocycles. The number of anilines is 1. The highest BCUT2D eigenvalue weighted by atomic mass is 16.5. The smallest absolute Gasteiger partial charge is 0.324 e. The maximum Gasteiger partial charge on any atom is 0.324 e. The minimum atomic E-state index is 0.237. The molecular formula is C10H19N5O2. The number of nitrogens with one attached hydrogen (secondary N) is 1. The second kappa shape index (κ2) is 7.61. The van der Waals surface area contributed by atoms with Gasteiger partial charge < -0.3 is 20.5 Å². The molecule has 96 valence electrons. The molecule has 0 spiro atoms. The van der Waals surface area contributed by atoms with Crippen molar-refractivity contribution in [1.82, 2.24) is 15.0 Å². The van der Waals surface area contributed by atoms with Crippen LogP contribution in [0, 0.1) is 0 Å². The van der Waals surface area contributed by atoms with Crippen molar-refractivity contribution < 1.29 is 9.47 Å². The normalized spacial score (nSPS) is 10.1. The Balaban J connectivity index is 2.46. The average Bonchev–Trinajstić information content (AvgIpc) is 2.38. The molecule has 1 aromatic heterocycles. The Bertz CT molecular complexity index is 312. The lowest BCUT2D eigenvalue weighted by atomic mass is 10.2. The lowest BCUT2D eigenvalue weighted by molar-refractivity contribution is 0.341. The van der Waals surface area contributed by atoms with E-state index in [9.17, 15) is 0 Å². The Labute approximate surface area is 101 Å². The van der Waals surface area contributed by atoms with E-state index in [0.717, 1.165) is 32.4 Å². The van der Waals surface area contributed by atoms with Crippen LogP contribution in [0.1, 0.15) is 19.3 Å². The molecule has 3 N–H and O–H groups in total. The fourth-order valence-electron chi connectivity index (χ4n) is 1.25. The molecule has 1 aromatic rings. The third kappa shape index (κ3) is 4.81. The van der Waals surface area contributed by atoms with Gasteiger partial charge in [0, 0.05) is 6.54 Å². The van der Waals surface area contributed by atoms with Gasteiger partial charge in [-0.3, -0.25) is 0 Å². The number of unbranched alkanes of at least 4 members (excludes halogenated alkanes) is 2. The fraction of sp³-hybridized carbons (Fsp3) is 0.700. The highest BCUT2D eigenvalue weighted by Gasteiger charge is 2.05. The van der Waals surface area contributed by atoms with Gasteiger partial charge in [-0.1, -0.05) is 6.42 Å². The standard InChI is InChI=1S/C10H19N5O2/c1-16-9-13-8(14-10(15-9)17-2)12-7-5-3-4-6-11/h3-7,11H2,1-2H3,(H,12,13,14,15). The van der Waals surface area contributed by atoms with Crippen LogP contribution in [0.2, 0.25) is 0 Å². The zero-order valence-corrected chi connectivity index (χ0v) is 10.3. The van der Waals surface area contributed by atoms with Crippen molar-refractivity contribution in [3.05, 3.63) is 0 Å². The molecule has 1 rings (SSSR count). The largest absolute Gasteiger partial charge is 0.467 e. The van der Waals surface area contributed by atoms with Crippen LogP contribution in [0.4, 0.5) is 5.95 Å². The van der Waals surface area contributed by atoms with Gasteiger partial charge in [0.05, 0.1) is 14.2 Å². The predicted octanol–water partition coefficient (Wildman–Crippen LogP) is 0.430. The molecule has 7 nitrogen and oxygen atoms in total. The highest BCUT2D eigenvalue weighted by Crippen LogP contribution is 2.11. The number of rotatable bonds is 8. The Morgan fingerprint density at radius 2 is 1.65 bits per heavy atom. The molecule has 17 heavy (non-hydrogen) atoms. The van der Waals surface area contributed by atoms with Crippen LogP contribution in [0.15, 0.2) is 0 Å². The highest BCUT2D eigenvalue weighted by molar-refractivity contribution is 5.27. The van der Waals surface area contributed by atoms with Gasteiger partial charge in [0.2, 0.25) is 5.95 Å². The lowest BCUT2D eigenvalue weighted by Crippen LogP contribution is -2.09. The molecule has 0 saturated heterocycles. The molecular weight excluding hydrogens is 222 g/mol. The zero-order chi connectivity index (χ0) is 12.5. The number of nitrogens with two attached hydrogens (primary N) is 1. The van der Waals surface area contributed by atoms with Gasteiger partial charge >= 0.3 is 12.0 Å². The predicted molar refractivity (Wildman–Crippen MR) is 64.3 cm³/mol. The second-order valence-electron chi connectivity index (χ2n) is 3.41. The van der Waals surface area contributed by atoms with Crippen LogP contribution < -0.4 is 20.5 Å². The summed E-state index contributed by atoms with van der Waals surface area (Å²) >= 11 is 0. The summed E-state index contributed by atoms with van der Waals surface area (Å²) in [5, 5.41) is 3.09. The zero-order valence-electron chi connectivity index (χ0n) is 10.3. The molecule has 0 saturated carbocycles. The van der Waals surface area contributed by atoms with E-state index in [1.54, 1.807) is 0 Å². The van der Waals surface area contributed by atoms with Crippen LogP contribution in [0.5, 0.6) is 12.0 Å². The molecule has 0 aliphatic rings. The summed E-state index contributed by atoms with van der Waals surface area (Å²) in [6.45, 7) is 1.52. The maximum absolute atomic E-state index is 5.41. The molecule has 0 unspecified atom stereocenters. The summed E-state index contributed by atoms with van der Waals surface area (Å²) in [6, 6.07) is 0.475. The van der Waals surface area contributed by atoms with Gasteiger partial charge in [-0.05, 0) is 19.4 Å². The van der Waals surface area contributed by atoms with Crippen molar-refractivity contribution in [3.8, 4) is 12.0 Å². The first-order valence-corrected chi connectivity index (χ1v) is 5.58. The molecule has 0 bridgehead atoms. The van der Waals surface area contributed by atoms with Crippen LogP contribution in [0.3, 0.4) is 0 Å². The van der Waals surface area contributed by atoms with Crippen LogP contribution in [-0.2, 0) is 0 Å². The molecule has 0 radical (unpaired) electrons. The van der Waals surface area contributed by atoms with Crippen LogP contribution in [-0.4, -0.2) is 42.3 Å². The minimum Gasteiger partial charge on any atom is -0.467 e. The van der Waals surface area contributed by atoms with Crippen LogP contribution >= 0.6 is 0 Å². The molecule has 7 heteroatoms. The van der Waals surface area contributed by atoms with Gasteiger partial charge in [0.25, 0.3) is 0 Å². The summed E-state index contributed by atoms with van der Waals surface area (Å²) in [5.41, 5.74) is 5.41. The van der Waals surface area contributed by atoms with E-state index in [1.165, 1.54) is 14.2 Å². The van der Waals surface area contributed by atoms with Gasteiger partial charge in [-0.2, -0.15) is 9.97 Å². The van der Waals surface area contributed by atoms with Crippen LogP contribution in [0.25, 0.3) is 0 Å². The van der Waals surface area contributed by atoms with E-state index in [4.69, 9.17) is 15.2 Å². The number of aromatic nitrogens is 3. The minimum absolute atomic E-state index is 0.237. The van der Waals surface area contributed by atoms with E-state index < -0.39 is 0 Å². The average molecular weight is 241 g/mol. The number of methoxy groups -OCH3 is 2. The fourth-order valence-corrected chi connectivity index (χ4v) is 1.25. The first-order valence-electron chi connectivity index (χ1n) is 5.58. The number of hydrogen-bond acceptors (Lipinski definition) is 7. The Kier molecular flexibility index (Phi) is 6.02. The molecule has 0 atom stereocenters. The summed E-state index contributed by atoms with van der Waals surface area (Å²) in [6.07, 6.45) is 3.14. The third-order valence-electron chi connectivity index (χ3n) is 2.12. The lowest BCUT2D eigenvalue weighted by Gasteiger charge is -2.06. The molecule has 0 amide bonds. The summed E-state index contributed by atoms with van der Waals surface area (Å²) in [5.74, 6) is 0.460. The van der Waals surface area contributed by atoms with Gasteiger partial charge in [-0.25, -0.2) is 0 Å². The SMILES string of the molecule is COc1nc(NCCCCCN)nc(OC)n1. The van der Waals surface area contributed by atoms with E-state index in [1.807, 2.05) is 0 Å². The van der Waals surface area contributed by atoms with Crippen molar-refractivity contribution in [2.24, 2.45) is 5.73 Å². The summed E-state index contributed by atoms with van der Waals surface area (Å²) in [7, 11) is 3.00. The number of nitrogens with zero attached hydrogens (tertiary/aromatic N) is 3. The third-order valence-corrected chi connectivity index (χ3v) is 2.12.